The molecule has 25 heavy (non-hydrogen) atoms. The van der Waals surface area contributed by atoms with Gasteiger partial charge >= 0.3 is 0 Å². The smallest absolute Gasteiger partial charge is 0.266 e. The summed E-state index contributed by atoms with van der Waals surface area (Å²) in [6, 6.07) is 16.1. The molecule has 126 valence electrons. The van der Waals surface area contributed by atoms with Crippen LogP contribution in [0.4, 0.5) is 11.4 Å². The number of thiocarbonyl (C=S) groups is 1. The number of amides is 3. The van der Waals surface area contributed by atoms with E-state index in [1.54, 1.807) is 54.6 Å². The molecule has 1 saturated heterocycles. The van der Waals surface area contributed by atoms with Crippen molar-refractivity contribution in [2.45, 2.75) is 13.0 Å². The molecule has 6 nitrogen and oxygen atoms in total. The van der Waals surface area contributed by atoms with Gasteiger partial charge < -0.3 is 5.32 Å². The molecule has 1 aliphatic rings. The van der Waals surface area contributed by atoms with E-state index in [9.17, 15) is 14.4 Å². The van der Waals surface area contributed by atoms with Crippen LogP contribution in [0.15, 0.2) is 60.7 Å². The van der Waals surface area contributed by atoms with Gasteiger partial charge in [0.05, 0.1) is 5.69 Å². The molecule has 0 radical (unpaired) electrons. The first kappa shape index (κ1) is 16.8. The average Bonchev–Trinajstić information content (AvgIpc) is 2.87. The molecule has 1 fully saturated rings. The summed E-state index contributed by atoms with van der Waals surface area (Å²) in [6.07, 6.45) is 0. The van der Waals surface area contributed by atoms with E-state index in [2.05, 4.69) is 5.32 Å². The molecule has 0 aliphatic carbocycles. The number of hydrogen-bond donors (Lipinski definition) is 1. The fourth-order valence-electron chi connectivity index (χ4n) is 2.64. The molecule has 1 N–H and O–H groups in total. The van der Waals surface area contributed by atoms with Gasteiger partial charge in [-0.2, -0.15) is 0 Å². The number of anilines is 2. The molecule has 0 saturated carbocycles. The SMILES string of the molecule is CC(=O)N1C(=S)N(c2ccccc2)C(=O)C1C(=O)Nc1ccccc1. The topological polar surface area (TPSA) is 69.7 Å². The van der Waals surface area contributed by atoms with Crippen LogP contribution in [0.25, 0.3) is 0 Å². The highest BCUT2D eigenvalue weighted by atomic mass is 32.1. The fraction of sp³-hybridized carbons (Fsp3) is 0.111. The highest BCUT2D eigenvalue weighted by Gasteiger charge is 2.49. The molecule has 1 heterocycles. The molecule has 7 heteroatoms. The van der Waals surface area contributed by atoms with E-state index in [1.807, 2.05) is 6.07 Å². The lowest BCUT2D eigenvalue weighted by atomic mass is 10.2. The fourth-order valence-corrected chi connectivity index (χ4v) is 3.07. The molecule has 3 amide bonds. The highest BCUT2D eigenvalue weighted by Crippen LogP contribution is 2.26. The molecule has 1 atom stereocenters. The molecule has 2 aromatic rings. The summed E-state index contributed by atoms with van der Waals surface area (Å²) in [5.74, 6) is -1.63. The van der Waals surface area contributed by atoms with Crippen LogP contribution in [0.2, 0.25) is 0 Å². The third-order valence-corrected chi connectivity index (χ3v) is 4.13. The van der Waals surface area contributed by atoms with E-state index in [4.69, 9.17) is 12.2 Å². The lowest BCUT2D eigenvalue weighted by Gasteiger charge is -2.19. The van der Waals surface area contributed by atoms with Crippen molar-refractivity contribution < 1.29 is 14.4 Å². The van der Waals surface area contributed by atoms with Crippen molar-refractivity contribution in [1.29, 1.82) is 0 Å². The minimum atomic E-state index is -1.33. The Labute approximate surface area is 150 Å². The number of carbonyl (C=O) groups excluding carboxylic acids is 3. The largest absolute Gasteiger partial charge is 0.324 e. The number of rotatable bonds is 3. The molecule has 0 spiro atoms. The first-order chi connectivity index (χ1) is 12.0. The van der Waals surface area contributed by atoms with Gasteiger partial charge in [-0.1, -0.05) is 36.4 Å². The lowest BCUT2D eigenvalue weighted by molar-refractivity contribution is -0.136. The van der Waals surface area contributed by atoms with E-state index in [1.165, 1.54) is 11.8 Å². The van der Waals surface area contributed by atoms with E-state index in [0.717, 1.165) is 4.90 Å². The summed E-state index contributed by atoms with van der Waals surface area (Å²) in [7, 11) is 0. The average molecular weight is 353 g/mol. The standard InChI is InChI=1S/C18H15N3O3S/c1-12(22)20-15(16(23)19-13-8-4-2-5-9-13)17(24)21(18(20)25)14-10-6-3-7-11-14/h2-11,15H,1H3,(H,19,23). The van der Waals surface area contributed by atoms with Gasteiger partial charge in [0.2, 0.25) is 5.91 Å². The Morgan fingerprint density at radius 3 is 2.12 bits per heavy atom. The second-order valence-corrected chi connectivity index (χ2v) is 5.80. The van der Waals surface area contributed by atoms with Crippen LogP contribution in [0.1, 0.15) is 6.92 Å². The number of para-hydroxylation sites is 2. The number of nitrogens with zero attached hydrogens (tertiary/aromatic N) is 2. The Bertz CT molecular complexity index is 839. The second-order valence-electron chi connectivity index (χ2n) is 5.44. The number of hydrogen-bond acceptors (Lipinski definition) is 4. The minimum absolute atomic E-state index is 0.00286. The molecule has 2 aromatic carbocycles. The molecular formula is C18H15N3O3S. The minimum Gasteiger partial charge on any atom is -0.324 e. The predicted octanol–water partition coefficient (Wildman–Crippen LogP) is 2.17. The second kappa shape index (κ2) is 6.82. The Morgan fingerprint density at radius 2 is 1.56 bits per heavy atom. The van der Waals surface area contributed by atoms with E-state index in [0.29, 0.717) is 11.4 Å². The van der Waals surface area contributed by atoms with Crippen LogP contribution in [0.3, 0.4) is 0 Å². The Morgan fingerprint density at radius 1 is 1.00 bits per heavy atom. The maximum absolute atomic E-state index is 12.8. The molecule has 3 rings (SSSR count). The van der Waals surface area contributed by atoms with Crippen LogP contribution < -0.4 is 10.2 Å². The first-order valence-electron chi connectivity index (χ1n) is 7.59. The van der Waals surface area contributed by atoms with Gasteiger partial charge in [0.25, 0.3) is 11.8 Å². The summed E-state index contributed by atoms with van der Waals surface area (Å²) < 4.78 is 0. The van der Waals surface area contributed by atoms with Crippen molar-refractivity contribution in [3.63, 3.8) is 0 Å². The van der Waals surface area contributed by atoms with Crippen LogP contribution >= 0.6 is 12.2 Å². The normalized spacial score (nSPS) is 16.9. The van der Waals surface area contributed by atoms with E-state index in [-0.39, 0.29) is 5.11 Å². The number of carbonyl (C=O) groups is 3. The van der Waals surface area contributed by atoms with Crippen molar-refractivity contribution in [1.82, 2.24) is 4.90 Å². The van der Waals surface area contributed by atoms with Gasteiger partial charge in [-0.3, -0.25) is 24.2 Å². The maximum Gasteiger partial charge on any atom is 0.266 e. The molecule has 1 aliphatic heterocycles. The third kappa shape index (κ3) is 3.14. The Hall–Kier alpha value is -3.06. The van der Waals surface area contributed by atoms with Gasteiger partial charge in [-0.05, 0) is 36.5 Å². The van der Waals surface area contributed by atoms with Gasteiger partial charge in [-0.15, -0.1) is 0 Å². The predicted molar refractivity (Wildman–Crippen MR) is 97.9 cm³/mol. The Balaban J connectivity index is 1.94. The summed E-state index contributed by atoms with van der Waals surface area (Å²) in [5, 5.41) is 2.65. The lowest BCUT2D eigenvalue weighted by Crippen LogP contribution is -2.46. The van der Waals surface area contributed by atoms with Crippen molar-refractivity contribution in [3.05, 3.63) is 60.7 Å². The first-order valence-corrected chi connectivity index (χ1v) is 8.00. The van der Waals surface area contributed by atoms with Gasteiger partial charge in [0.15, 0.2) is 11.2 Å². The van der Waals surface area contributed by atoms with Crippen molar-refractivity contribution in [3.8, 4) is 0 Å². The quantitative estimate of drug-likeness (QED) is 0.678. The summed E-state index contributed by atoms with van der Waals surface area (Å²) >= 11 is 5.29. The van der Waals surface area contributed by atoms with Crippen molar-refractivity contribution in [2.24, 2.45) is 0 Å². The zero-order valence-electron chi connectivity index (χ0n) is 13.4. The zero-order chi connectivity index (χ0) is 18.0. The van der Waals surface area contributed by atoms with Gasteiger partial charge in [0, 0.05) is 12.6 Å². The van der Waals surface area contributed by atoms with Crippen molar-refractivity contribution >= 4 is 46.4 Å². The van der Waals surface area contributed by atoms with Crippen LogP contribution in [0, 0.1) is 0 Å². The van der Waals surface area contributed by atoms with Gasteiger partial charge in [0.1, 0.15) is 0 Å². The molecular weight excluding hydrogens is 338 g/mol. The Kier molecular flexibility index (Phi) is 4.58. The highest BCUT2D eigenvalue weighted by molar-refractivity contribution is 7.80. The summed E-state index contributed by atoms with van der Waals surface area (Å²) in [4.78, 5) is 39.8. The van der Waals surface area contributed by atoms with Crippen LogP contribution in [-0.2, 0) is 14.4 Å². The van der Waals surface area contributed by atoms with Gasteiger partial charge in [-0.25, -0.2) is 0 Å². The molecule has 0 aromatic heterocycles. The summed E-state index contributed by atoms with van der Waals surface area (Å²) in [6.45, 7) is 1.27. The van der Waals surface area contributed by atoms with E-state index < -0.39 is 23.8 Å². The molecule has 1 unspecified atom stereocenters. The summed E-state index contributed by atoms with van der Waals surface area (Å²) in [5.41, 5.74) is 1.05. The maximum atomic E-state index is 12.8. The van der Waals surface area contributed by atoms with Crippen LogP contribution in [-0.4, -0.2) is 33.8 Å². The van der Waals surface area contributed by atoms with Crippen LogP contribution in [0.5, 0.6) is 0 Å². The number of nitrogens with one attached hydrogen (secondary N) is 1. The zero-order valence-corrected chi connectivity index (χ0v) is 14.2. The molecule has 0 bridgehead atoms. The van der Waals surface area contributed by atoms with Crippen molar-refractivity contribution in [2.75, 3.05) is 10.2 Å². The monoisotopic (exact) mass is 353 g/mol. The third-order valence-electron chi connectivity index (χ3n) is 3.75. The number of benzene rings is 2. The van der Waals surface area contributed by atoms with E-state index >= 15 is 0 Å².